The Kier molecular flexibility index (Phi) is 1.62. The van der Waals surface area contributed by atoms with Gasteiger partial charge in [0, 0.05) is 0 Å². The molecule has 1 N–H and O–H groups in total. The standard InChI is InChI=1S/C13H12O/c14-13-11-7-3-1-5-9(11)10-6-2-4-8-12(10)13/h1,3,5-8,13-14H,2,4H2. The van der Waals surface area contributed by atoms with Gasteiger partial charge >= 0.3 is 0 Å². The molecule has 0 bridgehead atoms. The van der Waals surface area contributed by atoms with Crippen LogP contribution in [0.4, 0.5) is 0 Å². The molecule has 2 aliphatic carbocycles. The minimum Gasteiger partial charge on any atom is -0.384 e. The number of fused-ring (bicyclic) bond motifs is 3. The van der Waals surface area contributed by atoms with Crippen LogP contribution in [-0.4, -0.2) is 5.11 Å². The van der Waals surface area contributed by atoms with Crippen molar-refractivity contribution < 1.29 is 5.11 Å². The highest BCUT2D eigenvalue weighted by Gasteiger charge is 2.29. The first-order valence-corrected chi connectivity index (χ1v) is 5.06. The Bertz CT molecular complexity index is 440. The van der Waals surface area contributed by atoms with Crippen molar-refractivity contribution in [3.8, 4) is 0 Å². The van der Waals surface area contributed by atoms with Crippen LogP contribution in [0.3, 0.4) is 0 Å². The number of hydrogen-bond acceptors (Lipinski definition) is 1. The molecule has 3 rings (SSSR count). The molecule has 0 heterocycles. The summed E-state index contributed by atoms with van der Waals surface area (Å²) in [4.78, 5) is 0. The van der Waals surface area contributed by atoms with Crippen LogP contribution in [0.2, 0.25) is 0 Å². The molecule has 14 heavy (non-hydrogen) atoms. The van der Waals surface area contributed by atoms with Gasteiger partial charge in [-0.1, -0.05) is 36.4 Å². The van der Waals surface area contributed by atoms with Crippen LogP contribution in [0, 0.1) is 0 Å². The molecule has 0 spiro atoms. The zero-order chi connectivity index (χ0) is 9.54. The minimum atomic E-state index is -0.391. The zero-order valence-corrected chi connectivity index (χ0v) is 7.90. The summed E-state index contributed by atoms with van der Waals surface area (Å²) in [5, 5.41) is 10.1. The SMILES string of the molecule is OC1C2=CCCC=C2c2ccccc21. The Morgan fingerprint density at radius 1 is 1.07 bits per heavy atom. The van der Waals surface area contributed by atoms with Crippen molar-refractivity contribution in [2.75, 3.05) is 0 Å². The molecule has 1 heteroatoms. The second kappa shape index (κ2) is 2.82. The van der Waals surface area contributed by atoms with E-state index in [1.165, 1.54) is 11.1 Å². The monoisotopic (exact) mass is 184 g/mol. The minimum absolute atomic E-state index is 0.391. The van der Waals surface area contributed by atoms with Crippen LogP contribution in [0.25, 0.3) is 5.57 Å². The molecular weight excluding hydrogens is 172 g/mol. The van der Waals surface area contributed by atoms with E-state index in [9.17, 15) is 5.11 Å². The molecule has 1 atom stereocenters. The Labute approximate surface area is 83.4 Å². The largest absolute Gasteiger partial charge is 0.384 e. The van der Waals surface area contributed by atoms with E-state index in [2.05, 4.69) is 18.2 Å². The summed E-state index contributed by atoms with van der Waals surface area (Å²) < 4.78 is 0. The van der Waals surface area contributed by atoms with Crippen molar-refractivity contribution in [3.05, 3.63) is 53.1 Å². The average Bonchev–Trinajstić information content (AvgIpc) is 2.55. The van der Waals surface area contributed by atoms with Crippen molar-refractivity contribution in [3.63, 3.8) is 0 Å². The lowest BCUT2D eigenvalue weighted by atomic mass is 9.97. The fraction of sp³-hybridized carbons (Fsp3) is 0.231. The molecule has 0 saturated carbocycles. The number of aliphatic hydroxyl groups excluding tert-OH is 1. The summed E-state index contributed by atoms with van der Waals surface area (Å²) in [7, 11) is 0. The van der Waals surface area contributed by atoms with E-state index >= 15 is 0 Å². The van der Waals surface area contributed by atoms with Gasteiger partial charge in [-0.2, -0.15) is 0 Å². The predicted molar refractivity (Wildman–Crippen MR) is 56.7 cm³/mol. The van der Waals surface area contributed by atoms with E-state index in [0.717, 1.165) is 24.0 Å². The highest BCUT2D eigenvalue weighted by atomic mass is 16.3. The normalized spacial score (nSPS) is 23.6. The summed E-state index contributed by atoms with van der Waals surface area (Å²) in [6, 6.07) is 8.13. The Hall–Kier alpha value is -1.34. The maximum Gasteiger partial charge on any atom is 0.105 e. The third-order valence-corrected chi connectivity index (χ3v) is 3.03. The van der Waals surface area contributed by atoms with E-state index in [0.29, 0.717) is 0 Å². The van der Waals surface area contributed by atoms with E-state index in [-0.39, 0.29) is 0 Å². The zero-order valence-electron chi connectivity index (χ0n) is 7.90. The molecule has 70 valence electrons. The summed E-state index contributed by atoms with van der Waals surface area (Å²) >= 11 is 0. The first-order valence-electron chi connectivity index (χ1n) is 5.06. The van der Waals surface area contributed by atoms with Crippen LogP contribution >= 0.6 is 0 Å². The summed E-state index contributed by atoms with van der Waals surface area (Å²) in [5.41, 5.74) is 4.63. The molecule has 0 amide bonds. The maximum absolute atomic E-state index is 10.1. The molecule has 1 nitrogen and oxygen atoms in total. The lowest BCUT2D eigenvalue weighted by Crippen LogP contribution is -1.95. The molecule has 1 aromatic carbocycles. The van der Waals surface area contributed by atoms with Gasteiger partial charge in [0.15, 0.2) is 0 Å². The average molecular weight is 184 g/mol. The summed E-state index contributed by atoms with van der Waals surface area (Å²) in [6.45, 7) is 0. The number of benzene rings is 1. The lowest BCUT2D eigenvalue weighted by molar-refractivity contribution is 0.224. The van der Waals surface area contributed by atoms with Gasteiger partial charge < -0.3 is 5.11 Å². The van der Waals surface area contributed by atoms with Crippen molar-refractivity contribution in [1.29, 1.82) is 0 Å². The van der Waals surface area contributed by atoms with E-state index in [1.807, 2.05) is 18.2 Å². The quantitative estimate of drug-likeness (QED) is 0.657. The topological polar surface area (TPSA) is 20.2 Å². The molecule has 0 saturated heterocycles. The van der Waals surface area contributed by atoms with Crippen LogP contribution in [0.15, 0.2) is 42.0 Å². The number of hydrogen-bond donors (Lipinski definition) is 1. The van der Waals surface area contributed by atoms with Gasteiger partial charge in [0.1, 0.15) is 6.10 Å². The lowest BCUT2D eigenvalue weighted by Gasteiger charge is -2.10. The molecule has 0 aromatic heterocycles. The molecule has 1 aromatic rings. The molecule has 2 aliphatic rings. The van der Waals surface area contributed by atoms with Crippen LogP contribution in [0.5, 0.6) is 0 Å². The van der Waals surface area contributed by atoms with Crippen molar-refractivity contribution in [2.24, 2.45) is 0 Å². The van der Waals surface area contributed by atoms with Crippen LogP contribution < -0.4 is 0 Å². The van der Waals surface area contributed by atoms with Gasteiger partial charge in [-0.15, -0.1) is 0 Å². The van der Waals surface area contributed by atoms with Gasteiger partial charge in [0.25, 0.3) is 0 Å². The molecule has 0 aliphatic heterocycles. The number of allylic oxidation sites excluding steroid dienone is 2. The fourth-order valence-electron chi connectivity index (χ4n) is 2.37. The van der Waals surface area contributed by atoms with Crippen LogP contribution in [0.1, 0.15) is 30.1 Å². The van der Waals surface area contributed by atoms with Crippen molar-refractivity contribution >= 4 is 5.57 Å². The second-order valence-electron chi connectivity index (χ2n) is 3.84. The Morgan fingerprint density at radius 3 is 2.79 bits per heavy atom. The highest BCUT2D eigenvalue weighted by Crippen LogP contribution is 2.45. The third-order valence-electron chi connectivity index (χ3n) is 3.03. The smallest absolute Gasteiger partial charge is 0.105 e. The van der Waals surface area contributed by atoms with Crippen LogP contribution in [-0.2, 0) is 0 Å². The Balaban J connectivity index is 2.26. The molecule has 1 unspecified atom stereocenters. The first-order chi connectivity index (χ1) is 6.88. The van der Waals surface area contributed by atoms with Crippen molar-refractivity contribution in [1.82, 2.24) is 0 Å². The fourth-order valence-corrected chi connectivity index (χ4v) is 2.37. The second-order valence-corrected chi connectivity index (χ2v) is 3.84. The van der Waals surface area contributed by atoms with Crippen molar-refractivity contribution in [2.45, 2.75) is 18.9 Å². The van der Waals surface area contributed by atoms with Gasteiger partial charge in [0.05, 0.1) is 0 Å². The third kappa shape index (κ3) is 0.933. The van der Waals surface area contributed by atoms with Gasteiger partial charge in [-0.3, -0.25) is 0 Å². The van der Waals surface area contributed by atoms with Gasteiger partial charge in [-0.25, -0.2) is 0 Å². The number of aliphatic hydroxyl groups is 1. The summed E-state index contributed by atoms with van der Waals surface area (Å²) in [6.07, 6.45) is 6.17. The molecular formula is C13H12O. The Morgan fingerprint density at radius 2 is 1.86 bits per heavy atom. The summed E-state index contributed by atoms with van der Waals surface area (Å²) in [5.74, 6) is 0. The van der Waals surface area contributed by atoms with Gasteiger partial charge in [-0.05, 0) is 35.1 Å². The van der Waals surface area contributed by atoms with E-state index in [4.69, 9.17) is 0 Å². The van der Waals surface area contributed by atoms with E-state index in [1.54, 1.807) is 0 Å². The highest BCUT2D eigenvalue weighted by molar-refractivity contribution is 5.87. The van der Waals surface area contributed by atoms with E-state index < -0.39 is 6.10 Å². The first kappa shape index (κ1) is 8.01. The van der Waals surface area contributed by atoms with Gasteiger partial charge in [0.2, 0.25) is 0 Å². The molecule has 0 radical (unpaired) electrons. The number of rotatable bonds is 0. The maximum atomic E-state index is 10.1. The molecule has 0 fully saturated rings. The predicted octanol–water partition coefficient (Wildman–Crippen LogP) is 2.84.